The molecule has 5 aromatic carbocycles. The van der Waals surface area contributed by atoms with Crippen LogP contribution in [0.4, 0.5) is 0 Å². The Hall–Kier alpha value is -5.41. The van der Waals surface area contributed by atoms with Crippen LogP contribution >= 0.6 is 0 Å². The molecule has 0 atom stereocenters. The van der Waals surface area contributed by atoms with Crippen LogP contribution < -0.4 is 0 Å². The van der Waals surface area contributed by atoms with Crippen molar-refractivity contribution in [3.63, 3.8) is 0 Å². The zero-order chi connectivity index (χ0) is 26.5. The number of nitrogens with zero attached hydrogens (tertiary/aromatic N) is 3. The van der Waals surface area contributed by atoms with Crippen molar-refractivity contribution in [1.29, 1.82) is 0 Å². The van der Waals surface area contributed by atoms with Gasteiger partial charge in [-0.05, 0) is 81.2 Å². The summed E-state index contributed by atoms with van der Waals surface area (Å²) < 4.78 is 0. The Morgan fingerprint density at radius 1 is 0.275 bits per heavy atom. The molecule has 3 nitrogen and oxygen atoms in total. The summed E-state index contributed by atoms with van der Waals surface area (Å²) in [6.45, 7) is 0. The summed E-state index contributed by atoms with van der Waals surface area (Å²) in [5.41, 5.74) is 7.47. The van der Waals surface area contributed by atoms with Gasteiger partial charge in [0.25, 0.3) is 0 Å². The van der Waals surface area contributed by atoms with E-state index in [2.05, 4.69) is 133 Å². The van der Waals surface area contributed by atoms with Crippen LogP contribution in [0.15, 0.2) is 140 Å². The van der Waals surface area contributed by atoms with Gasteiger partial charge in [-0.25, -0.2) is 15.0 Å². The number of hydrogen-bond acceptors (Lipinski definition) is 3. The molecule has 0 aliphatic rings. The summed E-state index contributed by atoms with van der Waals surface area (Å²) in [7, 11) is 0. The maximum absolute atomic E-state index is 5.11. The summed E-state index contributed by atoms with van der Waals surface area (Å²) in [6.07, 6.45) is 0. The molecule has 0 radical (unpaired) electrons. The normalized spacial score (nSPS) is 11.5. The molecule has 40 heavy (non-hydrogen) atoms. The van der Waals surface area contributed by atoms with Gasteiger partial charge in [0.15, 0.2) is 0 Å². The van der Waals surface area contributed by atoms with Crippen molar-refractivity contribution < 1.29 is 0 Å². The fourth-order valence-electron chi connectivity index (χ4n) is 5.50. The predicted molar refractivity (Wildman–Crippen MR) is 166 cm³/mol. The molecule has 0 saturated carbocycles. The number of pyridine rings is 3. The molecule has 186 valence electrons. The van der Waals surface area contributed by atoms with Crippen molar-refractivity contribution in [3.8, 4) is 33.9 Å². The summed E-state index contributed by atoms with van der Waals surface area (Å²) in [5.74, 6) is 0. The van der Waals surface area contributed by atoms with Crippen molar-refractivity contribution in [1.82, 2.24) is 15.0 Å². The van der Waals surface area contributed by atoms with Crippen LogP contribution in [0, 0.1) is 0 Å². The minimum atomic E-state index is 0.826. The fraction of sp³-hybridized carbons (Fsp3) is 0. The molecular weight excluding hydrogens is 486 g/mol. The standard InChI is InChI=1S/C37H23N3/c1-2-8-24(9-3-1)31-22-36(32-16-14-29-18-25-10-4-6-12-27(25)20-34(29)38-32)40-37(23-31)33-17-15-30-19-26-11-5-7-13-28(26)21-35(30)39-33/h1-23H. The van der Waals surface area contributed by atoms with E-state index in [9.17, 15) is 0 Å². The third kappa shape index (κ3) is 3.96. The van der Waals surface area contributed by atoms with Gasteiger partial charge in [0, 0.05) is 10.8 Å². The molecule has 3 heterocycles. The van der Waals surface area contributed by atoms with Crippen molar-refractivity contribution in [2.75, 3.05) is 0 Å². The zero-order valence-electron chi connectivity index (χ0n) is 21.6. The first-order valence-electron chi connectivity index (χ1n) is 13.4. The van der Waals surface area contributed by atoms with Crippen molar-refractivity contribution in [2.24, 2.45) is 0 Å². The number of hydrogen-bond donors (Lipinski definition) is 0. The first-order valence-corrected chi connectivity index (χ1v) is 13.4. The van der Waals surface area contributed by atoms with Crippen LogP contribution in [0.2, 0.25) is 0 Å². The molecule has 0 saturated heterocycles. The Kier molecular flexibility index (Phi) is 5.14. The molecule has 0 spiro atoms. The Labute approximate surface area is 231 Å². The minimum Gasteiger partial charge on any atom is -0.246 e. The van der Waals surface area contributed by atoms with E-state index < -0.39 is 0 Å². The lowest BCUT2D eigenvalue weighted by Gasteiger charge is -2.11. The van der Waals surface area contributed by atoms with Gasteiger partial charge in [0.2, 0.25) is 0 Å². The minimum absolute atomic E-state index is 0.826. The monoisotopic (exact) mass is 509 g/mol. The van der Waals surface area contributed by atoms with Crippen molar-refractivity contribution >= 4 is 43.4 Å². The van der Waals surface area contributed by atoms with E-state index >= 15 is 0 Å². The third-order valence-corrected chi connectivity index (χ3v) is 7.57. The van der Waals surface area contributed by atoms with Gasteiger partial charge in [0.05, 0.1) is 33.8 Å². The van der Waals surface area contributed by atoms with Crippen LogP contribution in [0.25, 0.3) is 77.3 Å². The molecule has 0 amide bonds. The first-order chi connectivity index (χ1) is 19.8. The lowest BCUT2D eigenvalue weighted by molar-refractivity contribution is 1.25. The molecule has 0 aliphatic carbocycles. The molecule has 3 heteroatoms. The van der Waals surface area contributed by atoms with Crippen LogP contribution in [0.3, 0.4) is 0 Å². The SMILES string of the molecule is c1ccc(-c2cc(-c3ccc4cc5ccccc5cc4n3)nc(-c3ccc4cc5ccccc5cc4n3)c2)cc1. The number of fused-ring (bicyclic) bond motifs is 4. The van der Waals surface area contributed by atoms with Gasteiger partial charge in [-0.15, -0.1) is 0 Å². The first kappa shape index (κ1) is 22.6. The summed E-state index contributed by atoms with van der Waals surface area (Å²) in [4.78, 5) is 15.2. The van der Waals surface area contributed by atoms with Crippen LogP contribution in [0.1, 0.15) is 0 Å². The van der Waals surface area contributed by atoms with Gasteiger partial charge in [0.1, 0.15) is 0 Å². The highest BCUT2D eigenvalue weighted by Gasteiger charge is 2.12. The second kappa shape index (κ2) is 9.11. The molecule has 8 aromatic rings. The zero-order valence-corrected chi connectivity index (χ0v) is 21.6. The van der Waals surface area contributed by atoms with Gasteiger partial charge in [-0.1, -0.05) is 91.0 Å². The molecule has 3 aromatic heterocycles. The topological polar surface area (TPSA) is 38.7 Å². The van der Waals surface area contributed by atoms with E-state index in [1.54, 1.807) is 0 Å². The summed E-state index contributed by atoms with van der Waals surface area (Å²) in [6, 6.07) is 48.6. The lowest BCUT2D eigenvalue weighted by atomic mass is 10.0. The van der Waals surface area contributed by atoms with E-state index in [1.165, 1.54) is 21.5 Å². The van der Waals surface area contributed by atoms with Gasteiger partial charge in [-0.3, -0.25) is 0 Å². The Morgan fingerprint density at radius 2 is 0.725 bits per heavy atom. The van der Waals surface area contributed by atoms with E-state index in [0.717, 1.165) is 55.7 Å². The van der Waals surface area contributed by atoms with E-state index in [1.807, 2.05) is 6.07 Å². The van der Waals surface area contributed by atoms with Gasteiger partial charge >= 0.3 is 0 Å². The van der Waals surface area contributed by atoms with Crippen LogP contribution in [-0.2, 0) is 0 Å². The highest BCUT2D eigenvalue weighted by molar-refractivity contribution is 5.98. The number of benzene rings is 5. The Balaban J connectivity index is 1.31. The average molecular weight is 510 g/mol. The van der Waals surface area contributed by atoms with Crippen molar-refractivity contribution in [2.45, 2.75) is 0 Å². The highest BCUT2D eigenvalue weighted by atomic mass is 14.8. The third-order valence-electron chi connectivity index (χ3n) is 7.57. The van der Waals surface area contributed by atoms with E-state index in [4.69, 9.17) is 15.0 Å². The smallest absolute Gasteiger partial charge is 0.0900 e. The van der Waals surface area contributed by atoms with Crippen molar-refractivity contribution in [3.05, 3.63) is 140 Å². The number of rotatable bonds is 3. The second-order valence-corrected chi connectivity index (χ2v) is 10.2. The average Bonchev–Trinajstić information content (AvgIpc) is 3.02. The Bertz CT molecular complexity index is 2080. The fourth-order valence-corrected chi connectivity index (χ4v) is 5.50. The number of aromatic nitrogens is 3. The maximum atomic E-state index is 5.11. The molecular formula is C37H23N3. The lowest BCUT2D eigenvalue weighted by Crippen LogP contribution is -1.95. The largest absolute Gasteiger partial charge is 0.246 e. The molecule has 0 fully saturated rings. The summed E-state index contributed by atoms with van der Waals surface area (Å²) >= 11 is 0. The predicted octanol–water partition coefficient (Wildman–Crippen LogP) is 9.49. The second-order valence-electron chi connectivity index (χ2n) is 10.2. The molecule has 0 aliphatic heterocycles. The quantitative estimate of drug-likeness (QED) is 0.223. The summed E-state index contributed by atoms with van der Waals surface area (Å²) in [5, 5.41) is 7.02. The molecule has 8 rings (SSSR count). The Morgan fingerprint density at radius 3 is 1.23 bits per heavy atom. The van der Waals surface area contributed by atoms with Gasteiger partial charge < -0.3 is 0 Å². The molecule has 0 N–H and O–H groups in total. The molecule has 0 unspecified atom stereocenters. The van der Waals surface area contributed by atoms with Gasteiger partial charge in [-0.2, -0.15) is 0 Å². The highest BCUT2D eigenvalue weighted by Crippen LogP contribution is 2.32. The van der Waals surface area contributed by atoms with E-state index in [0.29, 0.717) is 0 Å². The molecule has 0 bridgehead atoms. The van der Waals surface area contributed by atoms with Crippen LogP contribution in [0.5, 0.6) is 0 Å². The van der Waals surface area contributed by atoms with E-state index in [-0.39, 0.29) is 0 Å². The maximum Gasteiger partial charge on any atom is 0.0900 e. The van der Waals surface area contributed by atoms with Crippen LogP contribution in [-0.4, -0.2) is 15.0 Å².